The number of fused-ring (bicyclic) bond motifs is 1. The number of nitrogens with zero attached hydrogens (tertiary/aromatic N) is 3. The number of hydrogen-bond donors (Lipinski definition) is 1. The highest BCUT2D eigenvalue weighted by Gasteiger charge is 2.17. The van der Waals surface area contributed by atoms with Crippen LogP contribution in [0.15, 0.2) is 48.5 Å². The van der Waals surface area contributed by atoms with Crippen molar-refractivity contribution in [2.24, 2.45) is 0 Å². The summed E-state index contributed by atoms with van der Waals surface area (Å²) in [5, 5.41) is 10.0. The average molecular weight is 340 g/mol. The summed E-state index contributed by atoms with van der Waals surface area (Å²) < 4.78 is 0. The maximum Gasteiger partial charge on any atom is 0.156 e. The zero-order chi connectivity index (χ0) is 16.5. The zero-order valence-corrected chi connectivity index (χ0v) is 13.9. The minimum atomic E-state index is -0.160. The largest absolute Gasteiger partial charge is 0.393 e. The topological polar surface area (TPSA) is 49.2 Å². The Balaban J connectivity index is 1.64. The lowest BCUT2D eigenvalue weighted by atomic mass is 10.1. The van der Waals surface area contributed by atoms with Gasteiger partial charge in [0, 0.05) is 24.3 Å². The fraction of sp³-hybridized carbons (Fsp3) is 0.263. The third kappa shape index (κ3) is 2.95. The Morgan fingerprint density at radius 2 is 1.54 bits per heavy atom. The molecule has 0 spiro atoms. The van der Waals surface area contributed by atoms with Gasteiger partial charge in [-0.25, -0.2) is 9.97 Å². The molecule has 0 amide bonds. The molecule has 3 aromatic rings. The van der Waals surface area contributed by atoms with E-state index in [-0.39, 0.29) is 6.10 Å². The summed E-state index contributed by atoms with van der Waals surface area (Å²) in [7, 11) is 0. The predicted molar refractivity (Wildman–Crippen MR) is 97.4 cm³/mol. The third-order valence-corrected chi connectivity index (χ3v) is 4.76. The molecule has 1 saturated heterocycles. The van der Waals surface area contributed by atoms with Crippen molar-refractivity contribution in [1.82, 2.24) is 9.97 Å². The Labute approximate surface area is 145 Å². The van der Waals surface area contributed by atoms with Crippen LogP contribution in [0, 0.1) is 0 Å². The molecule has 4 nitrogen and oxygen atoms in total. The molecule has 1 aromatic heterocycles. The minimum absolute atomic E-state index is 0.160. The van der Waals surface area contributed by atoms with Gasteiger partial charge in [-0.05, 0) is 37.1 Å². The minimum Gasteiger partial charge on any atom is -0.393 e. The average Bonchev–Trinajstić information content (AvgIpc) is 2.62. The highest BCUT2D eigenvalue weighted by Crippen LogP contribution is 2.29. The number of benzene rings is 2. The normalized spacial score (nSPS) is 15.8. The van der Waals surface area contributed by atoms with Gasteiger partial charge in [0.2, 0.25) is 0 Å². The Morgan fingerprint density at radius 1 is 0.917 bits per heavy atom. The summed E-state index contributed by atoms with van der Waals surface area (Å²) in [6.45, 7) is 1.77. The van der Waals surface area contributed by atoms with Gasteiger partial charge in [-0.15, -0.1) is 0 Å². The number of hydrogen-bond acceptors (Lipinski definition) is 4. The van der Waals surface area contributed by atoms with E-state index in [0.29, 0.717) is 10.8 Å². The van der Waals surface area contributed by atoms with Crippen LogP contribution in [0.3, 0.4) is 0 Å². The van der Waals surface area contributed by atoms with Crippen LogP contribution < -0.4 is 4.90 Å². The Bertz CT molecular complexity index is 858. The van der Waals surface area contributed by atoms with Crippen molar-refractivity contribution in [3.05, 3.63) is 53.7 Å². The van der Waals surface area contributed by atoms with Gasteiger partial charge in [-0.1, -0.05) is 35.9 Å². The van der Waals surface area contributed by atoms with Gasteiger partial charge in [-0.3, -0.25) is 0 Å². The number of para-hydroxylation sites is 2. The first kappa shape index (κ1) is 15.4. The number of rotatable bonds is 2. The number of piperidine rings is 1. The molecule has 2 heterocycles. The molecule has 0 saturated carbocycles. The first-order valence-corrected chi connectivity index (χ1v) is 8.54. The summed E-state index contributed by atoms with van der Waals surface area (Å²) >= 11 is 6.33. The van der Waals surface area contributed by atoms with Crippen LogP contribution in [0.1, 0.15) is 12.8 Å². The molecule has 1 aliphatic heterocycles. The molecular formula is C19H18ClN3O. The van der Waals surface area contributed by atoms with Crippen molar-refractivity contribution < 1.29 is 5.11 Å². The standard InChI is InChI=1S/C19H18ClN3O/c20-19-18(21-16-3-1-2-4-17(16)22-19)13-5-7-14(8-6-13)23-11-9-15(24)10-12-23/h1-8,15,24H,9-12H2. The second kappa shape index (κ2) is 6.38. The fourth-order valence-corrected chi connectivity index (χ4v) is 3.36. The third-order valence-electron chi connectivity index (χ3n) is 4.50. The van der Waals surface area contributed by atoms with E-state index in [0.717, 1.165) is 48.2 Å². The second-order valence-electron chi connectivity index (χ2n) is 6.12. The van der Waals surface area contributed by atoms with Crippen LogP contribution in [-0.2, 0) is 0 Å². The van der Waals surface area contributed by atoms with Crippen molar-refractivity contribution in [3.63, 3.8) is 0 Å². The Hall–Kier alpha value is -2.17. The molecule has 1 fully saturated rings. The van der Waals surface area contributed by atoms with E-state index < -0.39 is 0 Å². The van der Waals surface area contributed by atoms with Gasteiger partial charge in [0.25, 0.3) is 0 Å². The zero-order valence-electron chi connectivity index (χ0n) is 13.2. The summed E-state index contributed by atoms with van der Waals surface area (Å²) in [6.07, 6.45) is 1.49. The number of aliphatic hydroxyl groups is 1. The van der Waals surface area contributed by atoms with Crippen LogP contribution >= 0.6 is 11.6 Å². The number of halogens is 1. The molecule has 5 heteroatoms. The van der Waals surface area contributed by atoms with Crippen LogP contribution in [0.4, 0.5) is 5.69 Å². The smallest absolute Gasteiger partial charge is 0.156 e. The molecule has 0 radical (unpaired) electrons. The Kier molecular flexibility index (Phi) is 4.08. The molecule has 0 atom stereocenters. The van der Waals surface area contributed by atoms with Gasteiger partial charge in [0.05, 0.1) is 17.1 Å². The van der Waals surface area contributed by atoms with E-state index in [2.05, 4.69) is 27.0 Å². The van der Waals surface area contributed by atoms with Crippen molar-refractivity contribution in [1.29, 1.82) is 0 Å². The lowest BCUT2D eigenvalue weighted by Crippen LogP contribution is -2.35. The summed E-state index contributed by atoms with van der Waals surface area (Å²) in [5.41, 5.74) is 4.46. The van der Waals surface area contributed by atoms with Gasteiger partial charge < -0.3 is 10.0 Å². The quantitative estimate of drug-likeness (QED) is 0.769. The first-order valence-electron chi connectivity index (χ1n) is 8.16. The molecule has 0 bridgehead atoms. The SMILES string of the molecule is OC1CCN(c2ccc(-c3nc4ccccc4nc3Cl)cc2)CC1. The maximum atomic E-state index is 9.63. The van der Waals surface area contributed by atoms with E-state index in [9.17, 15) is 5.11 Å². The van der Waals surface area contributed by atoms with Crippen LogP contribution in [0.2, 0.25) is 5.15 Å². The molecular weight excluding hydrogens is 322 g/mol. The van der Waals surface area contributed by atoms with Gasteiger partial charge in [-0.2, -0.15) is 0 Å². The highest BCUT2D eigenvalue weighted by molar-refractivity contribution is 6.32. The monoisotopic (exact) mass is 339 g/mol. The molecule has 2 aromatic carbocycles. The van der Waals surface area contributed by atoms with Crippen molar-refractivity contribution in [2.45, 2.75) is 18.9 Å². The van der Waals surface area contributed by atoms with Crippen molar-refractivity contribution in [2.75, 3.05) is 18.0 Å². The van der Waals surface area contributed by atoms with Gasteiger partial charge in [0.15, 0.2) is 5.15 Å². The molecule has 1 aliphatic rings. The maximum absolute atomic E-state index is 9.63. The van der Waals surface area contributed by atoms with E-state index in [1.807, 2.05) is 36.4 Å². The van der Waals surface area contributed by atoms with E-state index >= 15 is 0 Å². The first-order chi connectivity index (χ1) is 11.7. The summed E-state index contributed by atoms with van der Waals surface area (Å²) in [5.74, 6) is 0. The molecule has 24 heavy (non-hydrogen) atoms. The molecule has 1 N–H and O–H groups in total. The Morgan fingerprint density at radius 3 is 2.21 bits per heavy atom. The van der Waals surface area contributed by atoms with Crippen molar-refractivity contribution >= 4 is 28.3 Å². The van der Waals surface area contributed by atoms with Gasteiger partial charge in [0.1, 0.15) is 5.69 Å². The lowest BCUT2D eigenvalue weighted by Gasteiger charge is -2.31. The molecule has 0 unspecified atom stereocenters. The number of aliphatic hydroxyl groups excluding tert-OH is 1. The lowest BCUT2D eigenvalue weighted by molar-refractivity contribution is 0.145. The van der Waals surface area contributed by atoms with Crippen LogP contribution in [0.5, 0.6) is 0 Å². The van der Waals surface area contributed by atoms with Crippen molar-refractivity contribution in [3.8, 4) is 11.3 Å². The predicted octanol–water partition coefficient (Wildman–Crippen LogP) is 3.91. The number of aromatic nitrogens is 2. The highest BCUT2D eigenvalue weighted by atomic mass is 35.5. The van der Waals surface area contributed by atoms with E-state index in [1.165, 1.54) is 0 Å². The number of anilines is 1. The summed E-state index contributed by atoms with van der Waals surface area (Å²) in [6, 6.07) is 16.0. The van der Waals surface area contributed by atoms with Gasteiger partial charge >= 0.3 is 0 Å². The summed E-state index contributed by atoms with van der Waals surface area (Å²) in [4.78, 5) is 11.4. The van der Waals surface area contributed by atoms with Crippen LogP contribution in [0.25, 0.3) is 22.3 Å². The molecule has 0 aliphatic carbocycles. The second-order valence-corrected chi connectivity index (χ2v) is 6.47. The fourth-order valence-electron chi connectivity index (χ4n) is 3.12. The van der Waals surface area contributed by atoms with Crippen LogP contribution in [-0.4, -0.2) is 34.3 Å². The molecule has 4 rings (SSSR count). The molecule has 122 valence electrons. The van der Waals surface area contributed by atoms with E-state index in [1.54, 1.807) is 0 Å². The van der Waals surface area contributed by atoms with E-state index in [4.69, 9.17) is 11.6 Å².